The van der Waals surface area contributed by atoms with Crippen molar-refractivity contribution in [1.82, 2.24) is 15.5 Å². The number of urea groups is 1. The Morgan fingerprint density at radius 2 is 2.05 bits per heavy atom. The minimum atomic E-state index is -1.000. The molecule has 0 spiro atoms. The van der Waals surface area contributed by atoms with Crippen LogP contribution in [0.1, 0.15) is 46.0 Å². The third kappa shape index (κ3) is 3.85. The van der Waals surface area contributed by atoms with Crippen molar-refractivity contribution in [3.63, 3.8) is 0 Å². The van der Waals surface area contributed by atoms with Gasteiger partial charge in [-0.3, -0.25) is 0 Å². The summed E-state index contributed by atoms with van der Waals surface area (Å²) >= 11 is 0. The molecule has 0 aromatic rings. The van der Waals surface area contributed by atoms with E-state index in [-0.39, 0.29) is 6.03 Å². The Kier molecular flexibility index (Phi) is 6.78. The number of carboxylic acid groups (broad SMARTS) is 1. The third-order valence-corrected chi connectivity index (χ3v) is 3.85. The van der Waals surface area contributed by atoms with Crippen molar-refractivity contribution >= 4 is 12.0 Å². The Labute approximate surface area is 120 Å². The first-order chi connectivity index (χ1) is 9.58. The lowest BCUT2D eigenvalue weighted by Crippen LogP contribution is -2.56. The van der Waals surface area contributed by atoms with Crippen LogP contribution < -0.4 is 10.6 Å². The average molecular weight is 285 g/mol. The zero-order chi connectivity index (χ0) is 15.0. The van der Waals surface area contributed by atoms with E-state index in [9.17, 15) is 14.7 Å². The van der Waals surface area contributed by atoms with Gasteiger partial charge < -0.3 is 20.6 Å². The molecule has 1 aliphatic rings. The predicted octanol–water partition coefficient (Wildman–Crippen LogP) is 1.41. The van der Waals surface area contributed by atoms with E-state index in [0.717, 1.165) is 32.4 Å². The van der Waals surface area contributed by atoms with E-state index in [4.69, 9.17) is 0 Å². The Balaban J connectivity index is 2.54. The molecule has 3 N–H and O–H groups in total. The third-order valence-electron chi connectivity index (χ3n) is 3.85. The van der Waals surface area contributed by atoms with Gasteiger partial charge in [-0.25, -0.2) is 9.59 Å². The van der Waals surface area contributed by atoms with E-state index in [1.54, 1.807) is 0 Å². The minimum Gasteiger partial charge on any atom is -0.479 e. The summed E-state index contributed by atoms with van der Waals surface area (Å²) < 4.78 is 0. The highest BCUT2D eigenvalue weighted by molar-refractivity contribution is 5.87. The highest BCUT2D eigenvalue weighted by atomic mass is 16.4. The van der Waals surface area contributed by atoms with Gasteiger partial charge in [0, 0.05) is 13.1 Å². The molecule has 0 aliphatic carbocycles. The number of carbonyl (C=O) groups excluding carboxylic acids is 1. The van der Waals surface area contributed by atoms with Gasteiger partial charge in [0.2, 0.25) is 0 Å². The quantitative estimate of drug-likeness (QED) is 0.589. The number of carbonyl (C=O) groups is 2. The SMILES string of the molecule is CCCC1(C(=O)O)CCCN1C(=O)NCCCNCC. The first-order valence-corrected chi connectivity index (χ1v) is 7.58. The lowest BCUT2D eigenvalue weighted by atomic mass is 9.91. The highest BCUT2D eigenvalue weighted by Crippen LogP contribution is 2.33. The normalized spacial score (nSPS) is 22.0. The molecule has 0 aromatic heterocycles. The molecule has 6 heteroatoms. The molecular weight excluding hydrogens is 258 g/mol. The fourth-order valence-electron chi connectivity index (χ4n) is 2.86. The van der Waals surface area contributed by atoms with Crippen molar-refractivity contribution in [2.75, 3.05) is 26.2 Å². The molecule has 1 atom stereocenters. The van der Waals surface area contributed by atoms with E-state index in [1.165, 1.54) is 4.90 Å². The highest BCUT2D eigenvalue weighted by Gasteiger charge is 2.49. The summed E-state index contributed by atoms with van der Waals surface area (Å²) in [5.74, 6) is -0.875. The van der Waals surface area contributed by atoms with Gasteiger partial charge in [-0.15, -0.1) is 0 Å². The van der Waals surface area contributed by atoms with E-state index < -0.39 is 11.5 Å². The number of aliphatic carboxylic acids is 1. The van der Waals surface area contributed by atoms with Crippen molar-refractivity contribution in [3.8, 4) is 0 Å². The minimum absolute atomic E-state index is 0.241. The van der Waals surface area contributed by atoms with Gasteiger partial charge in [-0.2, -0.15) is 0 Å². The molecule has 0 saturated carbocycles. The van der Waals surface area contributed by atoms with Crippen molar-refractivity contribution in [1.29, 1.82) is 0 Å². The summed E-state index contributed by atoms with van der Waals surface area (Å²) in [5.41, 5.74) is -1.000. The van der Waals surface area contributed by atoms with Crippen LogP contribution in [0.4, 0.5) is 4.79 Å². The molecule has 0 radical (unpaired) electrons. The molecule has 20 heavy (non-hydrogen) atoms. The zero-order valence-corrected chi connectivity index (χ0v) is 12.6. The fourth-order valence-corrected chi connectivity index (χ4v) is 2.86. The molecule has 1 unspecified atom stereocenters. The number of rotatable bonds is 8. The maximum Gasteiger partial charge on any atom is 0.329 e. The van der Waals surface area contributed by atoms with Crippen LogP contribution in [0.25, 0.3) is 0 Å². The maximum atomic E-state index is 12.2. The number of nitrogens with one attached hydrogen (secondary N) is 2. The van der Waals surface area contributed by atoms with E-state index in [1.807, 2.05) is 13.8 Å². The fraction of sp³-hybridized carbons (Fsp3) is 0.857. The van der Waals surface area contributed by atoms with Crippen molar-refractivity contribution in [3.05, 3.63) is 0 Å². The van der Waals surface area contributed by atoms with Gasteiger partial charge in [0.15, 0.2) is 0 Å². The van der Waals surface area contributed by atoms with Crippen molar-refractivity contribution < 1.29 is 14.7 Å². The molecule has 116 valence electrons. The van der Waals surface area contributed by atoms with E-state index in [2.05, 4.69) is 10.6 Å². The summed E-state index contributed by atoms with van der Waals surface area (Å²) in [6.07, 6.45) is 3.45. The zero-order valence-electron chi connectivity index (χ0n) is 12.6. The Morgan fingerprint density at radius 3 is 2.65 bits per heavy atom. The van der Waals surface area contributed by atoms with E-state index in [0.29, 0.717) is 25.9 Å². The summed E-state index contributed by atoms with van der Waals surface area (Å²) in [4.78, 5) is 25.3. The predicted molar refractivity (Wildman–Crippen MR) is 77.8 cm³/mol. The van der Waals surface area contributed by atoms with E-state index >= 15 is 0 Å². The monoisotopic (exact) mass is 285 g/mol. The Bertz CT molecular complexity index is 336. The average Bonchev–Trinajstić information content (AvgIpc) is 2.84. The van der Waals surface area contributed by atoms with Crippen LogP contribution in [-0.2, 0) is 4.79 Å². The second-order valence-electron chi connectivity index (χ2n) is 5.28. The molecule has 1 rings (SSSR count). The molecule has 2 amide bonds. The molecule has 1 saturated heterocycles. The molecule has 1 heterocycles. The number of amides is 2. The number of likely N-dealkylation sites (tertiary alicyclic amines) is 1. The largest absolute Gasteiger partial charge is 0.479 e. The smallest absolute Gasteiger partial charge is 0.329 e. The molecule has 0 aromatic carbocycles. The van der Waals surface area contributed by atoms with Gasteiger partial charge in [-0.05, 0) is 38.8 Å². The summed E-state index contributed by atoms with van der Waals surface area (Å²) in [6, 6.07) is -0.241. The first kappa shape index (κ1) is 16.8. The summed E-state index contributed by atoms with van der Waals surface area (Å²) in [6.45, 7) is 6.87. The van der Waals surface area contributed by atoms with Crippen molar-refractivity contribution in [2.45, 2.75) is 51.5 Å². The second-order valence-corrected chi connectivity index (χ2v) is 5.28. The number of nitrogens with zero attached hydrogens (tertiary/aromatic N) is 1. The number of hydrogen-bond acceptors (Lipinski definition) is 3. The molecule has 0 bridgehead atoms. The second kappa shape index (κ2) is 8.09. The van der Waals surface area contributed by atoms with Crippen LogP contribution in [0.2, 0.25) is 0 Å². The Hall–Kier alpha value is -1.30. The molecule has 1 fully saturated rings. The van der Waals surface area contributed by atoms with Crippen LogP contribution in [-0.4, -0.2) is 53.7 Å². The number of hydrogen-bond donors (Lipinski definition) is 3. The lowest BCUT2D eigenvalue weighted by molar-refractivity contribution is -0.148. The van der Waals surface area contributed by atoms with Crippen molar-refractivity contribution in [2.24, 2.45) is 0 Å². The van der Waals surface area contributed by atoms with Crippen LogP contribution in [0.3, 0.4) is 0 Å². The van der Waals surface area contributed by atoms with Gasteiger partial charge >= 0.3 is 12.0 Å². The topological polar surface area (TPSA) is 81.7 Å². The lowest BCUT2D eigenvalue weighted by Gasteiger charge is -2.34. The van der Waals surface area contributed by atoms with Crippen LogP contribution in [0.15, 0.2) is 0 Å². The molecule has 6 nitrogen and oxygen atoms in total. The van der Waals surface area contributed by atoms with Gasteiger partial charge in [0.05, 0.1) is 0 Å². The maximum absolute atomic E-state index is 12.2. The van der Waals surface area contributed by atoms with Gasteiger partial charge in [0.25, 0.3) is 0 Å². The number of carboxylic acids is 1. The van der Waals surface area contributed by atoms with Crippen LogP contribution in [0.5, 0.6) is 0 Å². The first-order valence-electron chi connectivity index (χ1n) is 7.58. The van der Waals surface area contributed by atoms with Crippen LogP contribution >= 0.6 is 0 Å². The summed E-state index contributed by atoms with van der Waals surface area (Å²) in [5, 5.41) is 15.5. The molecule has 1 aliphatic heterocycles. The molecular formula is C14H27N3O3. The summed E-state index contributed by atoms with van der Waals surface area (Å²) in [7, 11) is 0. The van der Waals surface area contributed by atoms with Gasteiger partial charge in [0.1, 0.15) is 5.54 Å². The van der Waals surface area contributed by atoms with Crippen LogP contribution in [0, 0.1) is 0 Å². The van der Waals surface area contributed by atoms with Gasteiger partial charge in [-0.1, -0.05) is 20.3 Å². The Morgan fingerprint density at radius 1 is 1.30 bits per heavy atom. The standard InChI is InChI=1S/C14H27N3O3/c1-3-7-14(12(18)19)8-5-11-17(14)13(20)16-10-6-9-15-4-2/h15H,3-11H2,1-2H3,(H,16,20)(H,18,19).